The van der Waals surface area contributed by atoms with Crippen molar-refractivity contribution in [2.45, 2.75) is 26.7 Å². The number of hydrogen-bond donors (Lipinski definition) is 3. The maximum Gasteiger partial charge on any atom is 0.439 e. The lowest BCUT2D eigenvalue weighted by molar-refractivity contribution is -0.116. The molecule has 4 rings (SSSR count). The number of aromatic amines is 2. The fourth-order valence-electron chi connectivity index (χ4n) is 3.62. The van der Waals surface area contributed by atoms with Crippen molar-refractivity contribution in [2.24, 2.45) is 7.05 Å². The Balaban J connectivity index is 1.50. The van der Waals surface area contributed by atoms with Crippen LogP contribution in [0.15, 0.2) is 38.4 Å². The van der Waals surface area contributed by atoms with Crippen LogP contribution in [0.3, 0.4) is 0 Å². The summed E-state index contributed by atoms with van der Waals surface area (Å²) in [7, 11) is 1.78. The van der Waals surface area contributed by atoms with Crippen LogP contribution in [0, 0.1) is 13.8 Å². The summed E-state index contributed by atoms with van der Waals surface area (Å²) in [4.78, 5) is 41.4. The second kappa shape index (κ2) is 7.47. The van der Waals surface area contributed by atoms with Crippen molar-refractivity contribution in [3.8, 4) is 11.4 Å². The van der Waals surface area contributed by atoms with Crippen LogP contribution in [0.2, 0.25) is 0 Å². The van der Waals surface area contributed by atoms with E-state index in [1.165, 1.54) is 0 Å². The molecule has 0 radical (unpaired) electrons. The van der Waals surface area contributed by atoms with Gasteiger partial charge in [0.15, 0.2) is 5.82 Å². The van der Waals surface area contributed by atoms with Gasteiger partial charge in [0, 0.05) is 35.7 Å². The summed E-state index contributed by atoms with van der Waals surface area (Å²) in [5.41, 5.74) is 3.84. The molecule has 0 fully saturated rings. The fraction of sp³-hybridized carbons (Fsp3) is 0.250. The molecule has 154 valence electrons. The highest BCUT2D eigenvalue weighted by Crippen LogP contribution is 2.22. The van der Waals surface area contributed by atoms with Crippen LogP contribution in [0.5, 0.6) is 0 Å². The number of carbonyl (C=O) groups excluding carboxylic acids is 1. The average molecular weight is 408 g/mol. The third-order valence-electron chi connectivity index (χ3n) is 5.02. The number of nitrogens with zero attached hydrogens (tertiary/aromatic N) is 3. The SMILES string of the molecule is Cc1nn(C)c2[nH]c(=O)c(CCC(=O)Nc3cccc(-c4noc(=O)[nH]4)c3)c(C)c12. The van der Waals surface area contributed by atoms with Gasteiger partial charge in [-0.1, -0.05) is 17.3 Å². The zero-order chi connectivity index (χ0) is 21.4. The second-order valence-electron chi connectivity index (χ2n) is 7.06. The van der Waals surface area contributed by atoms with Gasteiger partial charge >= 0.3 is 5.76 Å². The molecule has 10 heteroatoms. The number of pyridine rings is 1. The molecule has 3 aromatic heterocycles. The standard InChI is InChI=1S/C20H20N6O4/c1-10-14(19(28)23-18-16(10)11(2)24-26(18)3)7-8-15(27)21-13-6-4-5-12(9-13)17-22-20(29)30-25-17/h4-6,9H,7-8H2,1-3H3,(H,21,27)(H,23,28)(H,22,25,29). The largest absolute Gasteiger partial charge is 0.439 e. The summed E-state index contributed by atoms with van der Waals surface area (Å²) in [5, 5.41) is 11.7. The lowest BCUT2D eigenvalue weighted by Gasteiger charge is -2.09. The number of amides is 1. The minimum Gasteiger partial charge on any atom is -0.326 e. The van der Waals surface area contributed by atoms with Gasteiger partial charge in [-0.15, -0.1) is 0 Å². The van der Waals surface area contributed by atoms with E-state index in [0.717, 1.165) is 16.6 Å². The monoisotopic (exact) mass is 408 g/mol. The molecular weight excluding hydrogens is 388 g/mol. The number of nitrogens with one attached hydrogen (secondary N) is 3. The molecule has 0 spiro atoms. The summed E-state index contributed by atoms with van der Waals surface area (Å²) in [6.45, 7) is 3.76. The molecule has 0 atom stereocenters. The average Bonchev–Trinajstić information content (AvgIpc) is 3.25. The molecule has 1 aromatic carbocycles. The predicted octanol–water partition coefficient (Wildman–Crippen LogP) is 1.79. The van der Waals surface area contributed by atoms with Gasteiger partial charge in [-0.3, -0.25) is 23.8 Å². The molecular formula is C20H20N6O4. The van der Waals surface area contributed by atoms with E-state index in [9.17, 15) is 14.4 Å². The third kappa shape index (κ3) is 3.54. The van der Waals surface area contributed by atoms with Gasteiger partial charge in [-0.2, -0.15) is 5.10 Å². The molecule has 30 heavy (non-hydrogen) atoms. The third-order valence-corrected chi connectivity index (χ3v) is 5.02. The molecule has 3 N–H and O–H groups in total. The molecule has 0 unspecified atom stereocenters. The highest BCUT2D eigenvalue weighted by atomic mass is 16.5. The molecule has 0 saturated carbocycles. The number of carbonyl (C=O) groups is 1. The van der Waals surface area contributed by atoms with Crippen LogP contribution in [0.4, 0.5) is 5.69 Å². The lowest BCUT2D eigenvalue weighted by atomic mass is 10.0. The summed E-state index contributed by atoms with van der Waals surface area (Å²) in [5.74, 6) is -0.609. The van der Waals surface area contributed by atoms with Gasteiger partial charge in [0.25, 0.3) is 5.56 Å². The van der Waals surface area contributed by atoms with E-state index in [-0.39, 0.29) is 23.7 Å². The van der Waals surface area contributed by atoms with E-state index in [1.54, 1.807) is 36.0 Å². The Morgan fingerprint density at radius 3 is 2.77 bits per heavy atom. The van der Waals surface area contributed by atoms with E-state index < -0.39 is 5.76 Å². The van der Waals surface area contributed by atoms with Gasteiger partial charge in [-0.05, 0) is 38.0 Å². The molecule has 3 heterocycles. The summed E-state index contributed by atoms with van der Waals surface area (Å²) in [6.07, 6.45) is 0.438. The van der Waals surface area contributed by atoms with Crippen molar-refractivity contribution < 1.29 is 9.32 Å². The number of anilines is 1. The smallest absolute Gasteiger partial charge is 0.326 e. The zero-order valence-electron chi connectivity index (χ0n) is 16.7. The molecule has 0 aliphatic carbocycles. The fourth-order valence-corrected chi connectivity index (χ4v) is 3.62. The Bertz CT molecular complexity index is 1370. The zero-order valence-corrected chi connectivity index (χ0v) is 16.7. The second-order valence-corrected chi connectivity index (χ2v) is 7.06. The lowest BCUT2D eigenvalue weighted by Crippen LogP contribution is -2.19. The van der Waals surface area contributed by atoms with Crippen LogP contribution in [0.1, 0.15) is 23.2 Å². The van der Waals surface area contributed by atoms with Gasteiger partial charge in [0.05, 0.1) is 5.69 Å². The van der Waals surface area contributed by atoms with Gasteiger partial charge in [-0.25, -0.2) is 4.79 Å². The van der Waals surface area contributed by atoms with Gasteiger partial charge < -0.3 is 10.3 Å². The van der Waals surface area contributed by atoms with Crippen molar-refractivity contribution in [3.05, 3.63) is 62.0 Å². The van der Waals surface area contributed by atoms with E-state index in [0.29, 0.717) is 28.9 Å². The van der Waals surface area contributed by atoms with E-state index in [1.807, 2.05) is 13.8 Å². The Morgan fingerprint density at radius 1 is 1.23 bits per heavy atom. The number of aromatic nitrogens is 5. The molecule has 0 saturated heterocycles. The first kappa shape index (κ1) is 19.4. The highest BCUT2D eigenvalue weighted by Gasteiger charge is 2.16. The summed E-state index contributed by atoms with van der Waals surface area (Å²) in [6, 6.07) is 6.86. The predicted molar refractivity (Wildman–Crippen MR) is 110 cm³/mol. The first-order chi connectivity index (χ1) is 14.3. The quantitative estimate of drug-likeness (QED) is 0.460. The van der Waals surface area contributed by atoms with Crippen LogP contribution in [0.25, 0.3) is 22.4 Å². The summed E-state index contributed by atoms with van der Waals surface area (Å²) >= 11 is 0. The van der Waals surface area contributed by atoms with Crippen LogP contribution >= 0.6 is 0 Å². The number of benzene rings is 1. The summed E-state index contributed by atoms with van der Waals surface area (Å²) < 4.78 is 6.15. The number of rotatable bonds is 5. The number of fused-ring (bicyclic) bond motifs is 1. The van der Waals surface area contributed by atoms with E-state index >= 15 is 0 Å². The van der Waals surface area contributed by atoms with Crippen LogP contribution in [-0.4, -0.2) is 30.8 Å². The molecule has 1 amide bonds. The Hall–Kier alpha value is -3.95. The van der Waals surface area contributed by atoms with Crippen molar-refractivity contribution >= 4 is 22.6 Å². The van der Waals surface area contributed by atoms with E-state index in [4.69, 9.17) is 0 Å². The minimum absolute atomic E-state index is 0.139. The number of H-pyrrole nitrogens is 2. The van der Waals surface area contributed by atoms with Crippen LogP contribution in [-0.2, 0) is 18.3 Å². The van der Waals surface area contributed by atoms with Crippen molar-refractivity contribution in [2.75, 3.05) is 5.32 Å². The molecule has 0 aliphatic heterocycles. The van der Waals surface area contributed by atoms with Gasteiger partial charge in [0.1, 0.15) is 5.65 Å². The minimum atomic E-state index is -0.652. The van der Waals surface area contributed by atoms with Crippen molar-refractivity contribution in [1.29, 1.82) is 0 Å². The first-order valence-electron chi connectivity index (χ1n) is 9.35. The molecule has 4 aromatic rings. The molecule has 0 bridgehead atoms. The Labute approximate surface area is 169 Å². The molecule has 10 nitrogen and oxygen atoms in total. The van der Waals surface area contributed by atoms with Crippen molar-refractivity contribution in [3.63, 3.8) is 0 Å². The number of hydrogen-bond acceptors (Lipinski definition) is 6. The molecule has 0 aliphatic rings. The number of aryl methyl sites for hydroxylation is 3. The first-order valence-corrected chi connectivity index (χ1v) is 9.35. The Kier molecular flexibility index (Phi) is 4.82. The van der Waals surface area contributed by atoms with E-state index in [2.05, 4.69) is 30.1 Å². The van der Waals surface area contributed by atoms with Crippen LogP contribution < -0.4 is 16.6 Å². The van der Waals surface area contributed by atoms with Crippen molar-refractivity contribution in [1.82, 2.24) is 24.9 Å². The Morgan fingerprint density at radius 2 is 2.03 bits per heavy atom. The maximum absolute atomic E-state index is 12.5. The maximum atomic E-state index is 12.5. The topological polar surface area (TPSA) is 139 Å². The normalized spacial score (nSPS) is 11.2. The van der Waals surface area contributed by atoms with Gasteiger partial charge in [0.2, 0.25) is 5.91 Å². The highest BCUT2D eigenvalue weighted by molar-refractivity contribution is 5.91.